The van der Waals surface area contributed by atoms with E-state index >= 15 is 0 Å². The first-order chi connectivity index (χ1) is 14.0. The van der Waals surface area contributed by atoms with E-state index in [1.807, 2.05) is 18.2 Å². The number of ether oxygens (including phenoxy) is 1. The lowest BCUT2D eigenvalue weighted by atomic mass is 9.76. The Balaban J connectivity index is 1.85. The van der Waals surface area contributed by atoms with Crippen molar-refractivity contribution in [1.82, 2.24) is 0 Å². The van der Waals surface area contributed by atoms with E-state index in [1.165, 1.54) is 5.56 Å². The number of hydrogen-bond acceptors (Lipinski definition) is 3. The number of hydrogen-bond donors (Lipinski definition) is 1. The summed E-state index contributed by atoms with van der Waals surface area (Å²) in [5.74, 6) is 2.91. The van der Waals surface area contributed by atoms with Crippen LogP contribution >= 0.6 is 0 Å². The molecule has 2 aliphatic rings. The third-order valence-corrected chi connectivity index (χ3v) is 11.9. The second-order valence-electron chi connectivity index (χ2n) is 10.5. The summed E-state index contributed by atoms with van der Waals surface area (Å²) in [4.78, 5) is 0. The molecule has 30 heavy (non-hydrogen) atoms. The molecule has 1 aromatic rings. The molecule has 1 N–H and O–H groups in total. The van der Waals surface area contributed by atoms with Crippen molar-refractivity contribution in [1.29, 1.82) is 0 Å². The number of fused-ring (bicyclic) bond motifs is 1. The first kappa shape index (κ1) is 22.9. The van der Waals surface area contributed by atoms with Crippen LogP contribution in [0.4, 0.5) is 0 Å². The third kappa shape index (κ3) is 4.31. The molecule has 0 spiro atoms. The molecule has 2 aliphatic carbocycles. The van der Waals surface area contributed by atoms with E-state index in [9.17, 15) is 5.11 Å². The topological polar surface area (TPSA) is 38.7 Å². The summed E-state index contributed by atoms with van der Waals surface area (Å²) < 4.78 is 12.2. The van der Waals surface area contributed by atoms with E-state index < -0.39 is 8.32 Å². The predicted octanol–water partition coefficient (Wildman–Crippen LogP) is 6.16. The van der Waals surface area contributed by atoms with Crippen molar-refractivity contribution in [2.24, 2.45) is 23.7 Å². The Kier molecular flexibility index (Phi) is 6.40. The largest absolute Gasteiger partial charge is 0.541 e. The van der Waals surface area contributed by atoms with Gasteiger partial charge in [0.05, 0.1) is 13.2 Å². The van der Waals surface area contributed by atoms with Gasteiger partial charge in [0.15, 0.2) is 5.75 Å². The monoisotopic (exact) mass is 426 g/mol. The molecule has 164 valence electrons. The van der Waals surface area contributed by atoms with Crippen molar-refractivity contribution in [2.45, 2.75) is 57.8 Å². The highest BCUT2D eigenvalue weighted by Gasteiger charge is 2.46. The van der Waals surface area contributed by atoms with Gasteiger partial charge < -0.3 is 14.3 Å². The summed E-state index contributed by atoms with van der Waals surface area (Å²) >= 11 is 0. The van der Waals surface area contributed by atoms with Crippen molar-refractivity contribution in [2.75, 3.05) is 7.11 Å². The fraction of sp³-hybridized carbons (Fsp3) is 0.538. The minimum absolute atomic E-state index is 0.118. The molecular weight excluding hydrogens is 388 g/mol. The van der Waals surface area contributed by atoms with Gasteiger partial charge in [0.25, 0.3) is 8.32 Å². The highest BCUT2D eigenvalue weighted by atomic mass is 28.4. The van der Waals surface area contributed by atoms with Crippen LogP contribution in [-0.4, -0.2) is 26.6 Å². The van der Waals surface area contributed by atoms with Gasteiger partial charge in [-0.1, -0.05) is 57.2 Å². The molecule has 1 aromatic carbocycles. The Bertz CT molecular complexity index is 833. The van der Waals surface area contributed by atoms with E-state index in [0.29, 0.717) is 11.8 Å². The van der Waals surface area contributed by atoms with Crippen LogP contribution in [0.15, 0.2) is 55.2 Å². The van der Waals surface area contributed by atoms with E-state index in [0.717, 1.165) is 29.9 Å². The molecule has 5 atom stereocenters. The quantitative estimate of drug-likeness (QED) is 0.437. The van der Waals surface area contributed by atoms with Crippen LogP contribution in [0.2, 0.25) is 18.1 Å². The number of rotatable bonds is 6. The summed E-state index contributed by atoms with van der Waals surface area (Å²) in [6.45, 7) is 19.6. The maximum Gasteiger partial charge on any atom is 0.250 e. The first-order valence-electron chi connectivity index (χ1n) is 11.0. The Hall–Kier alpha value is -1.78. The van der Waals surface area contributed by atoms with Crippen LogP contribution < -0.4 is 9.16 Å². The normalized spacial score (nSPS) is 28.9. The second kappa shape index (κ2) is 8.39. The Morgan fingerprint density at radius 3 is 2.53 bits per heavy atom. The fourth-order valence-electron chi connectivity index (χ4n) is 4.80. The SMILES string of the molecule is C=C[C@@H]1[C@@H](Cc2ccc(OC)c(O[Si](C)(C)C(C)(C)C)c2)C[C@H]2C(O)C=CC(=C)[C@@H]12. The minimum Gasteiger partial charge on any atom is -0.541 e. The van der Waals surface area contributed by atoms with Crippen molar-refractivity contribution < 1.29 is 14.3 Å². The van der Waals surface area contributed by atoms with Gasteiger partial charge in [-0.25, -0.2) is 0 Å². The van der Waals surface area contributed by atoms with E-state index in [1.54, 1.807) is 7.11 Å². The molecule has 0 aliphatic heterocycles. The molecule has 0 heterocycles. The molecular formula is C26H38O3Si. The molecule has 0 radical (unpaired) electrons. The van der Waals surface area contributed by atoms with Crippen LogP contribution in [0.5, 0.6) is 11.5 Å². The fourth-order valence-corrected chi connectivity index (χ4v) is 5.81. The van der Waals surface area contributed by atoms with Crippen LogP contribution in [-0.2, 0) is 6.42 Å². The van der Waals surface area contributed by atoms with E-state index in [2.05, 4.69) is 65.2 Å². The van der Waals surface area contributed by atoms with Gasteiger partial charge >= 0.3 is 0 Å². The molecule has 0 bridgehead atoms. The van der Waals surface area contributed by atoms with Crippen LogP contribution in [0.3, 0.4) is 0 Å². The van der Waals surface area contributed by atoms with E-state index in [4.69, 9.17) is 9.16 Å². The lowest BCUT2D eigenvalue weighted by molar-refractivity contribution is 0.127. The zero-order chi connectivity index (χ0) is 22.3. The van der Waals surface area contributed by atoms with Crippen molar-refractivity contribution in [3.63, 3.8) is 0 Å². The second-order valence-corrected chi connectivity index (χ2v) is 15.2. The van der Waals surface area contributed by atoms with Gasteiger partial charge in [0.1, 0.15) is 5.75 Å². The zero-order valence-electron chi connectivity index (χ0n) is 19.4. The van der Waals surface area contributed by atoms with Crippen molar-refractivity contribution >= 4 is 8.32 Å². The summed E-state index contributed by atoms with van der Waals surface area (Å²) in [6, 6.07) is 6.33. The maximum atomic E-state index is 10.5. The molecule has 1 saturated carbocycles. The average Bonchev–Trinajstić information content (AvgIpc) is 3.03. The Morgan fingerprint density at radius 2 is 1.93 bits per heavy atom. The highest BCUT2D eigenvalue weighted by molar-refractivity contribution is 6.74. The first-order valence-corrected chi connectivity index (χ1v) is 13.9. The van der Waals surface area contributed by atoms with Gasteiger partial charge in [-0.3, -0.25) is 0 Å². The molecule has 1 unspecified atom stereocenters. The van der Waals surface area contributed by atoms with Gasteiger partial charge in [-0.05, 0) is 72.3 Å². The lowest BCUT2D eigenvalue weighted by Crippen LogP contribution is -2.43. The summed E-state index contributed by atoms with van der Waals surface area (Å²) in [6.07, 6.45) is 7.48. The van der Waals surface area contributed by atoms with Gasteiger partial charge in [0, 0.05) is 0 Å². The molecule has 0 amide bonds. The number of benzene rings is 1. The third-order valence-electron chi connectivity index (χ3n) is 7.54. The van der Waals surface area contributed by atoms with E-state index in [-0.39, 0.29) is 23.0 Å². The highest BCUT2D eigenvalue weighted by Crippen LogP contribution is 2.51. The standard InChI is InChI=1S/C26H38O3Si/c1-9-20-19(16-21-22(27)12-10-17(2)25(20)21)14-18-11-13-23(28-6)24(15-18)29-30(7,8)26(3,4)5/h9-13,15,19-22,25,27H,1-2,14,16H2,3-8H3/t19-,20+,21-,22?,25-/m0/s1. The lowest BCUT2D eigenvalue weighted by Gasteiger charge is -2.37. The van der Waals surface area contributed by atoms with Crippen LogP contribution in [0.1, 0.15) is 32.8 Å². The van der Waals surface area contributed by atoms with Gasteiger partial charge in [0.2, 0.25) is 0 Å². The van der Waals surface area contributed by atoms with Gasteiger partial charge in [-0.2, -0.15) is 0 Å². The molecule has 4 heteroatoms. The van der Waals surface area contributed by atoms with Crippen molar-refractivity contribution in [3.8, 4) is 11.5 Å². The summed E-state index contributed by atoms with van der Waals surface area (Å²) in [5.41, 5.74) is 2.36. The molecule has 0 aromatic heterocycles. The zero-order valence-corrected chi connectivity index (χ0v) is 20.4. The van der Waals surface area contributed by atoms with Crippen molar-refractivity contribution in [3.05, 3.63) is 60.7 Å². The molecule has 0 saturated heterocycles. The Labute approximate surface area is 183 Å². The average molecular weight is 427 g/mol. The molecule has 3 nitrogen and oxygen atoms in total. The summed E-state index contributed by atoms with van der Waals surface area (Å²) in [5, 5.41) is 10.6. The number of methoxy groups -OCH3 is 1. The summed E-state index contributed by atoms with van der Waals surface area (Å²) in [7, 11) is -0.276. The minimum atomic E-state index is -1.97. The Morgan fingerprint density at radius 1 is 1.23 bits per heavy atom. The van der Waals surface area contributed by atoms with Crippen LogP contribution in [0.25, 0.3) is 0 Å². The molecule has 1 fully saturated rings. The maximum absolute atomic E-state index is 10.5. The predicted molar refractivity (Wildman–Crippen MR) is 128 cm³/mol. The van der Waals surface area contributed by atoms with Gasteiger partial charge in [-0.15, -0.1) is 6.58 Å². The van der Waals surface area contributed by atoms with Crippen LogP contribution in [0, 0.1) is 23.7 Å². The smallest absolute Gasteiger partial charge is 0.250 e. The number of allylic oxidation sites excluding steroid dienone is 3. The number of aliphatic hydroxyl groups excluding tert-OH is 1. The number of aliphatic hydroxyl groups is 1. The molecule has 3 rings (SSSR count).